The minimum atomic E-state index is -0.473. The highest BCUT2D eigenvalue weighted by molar-refractivity contribution is 7.80. The van der Waals surface area contributed by atoms with Crippen LogP contribution in [0.25, 0.3) is 0 Å². The molecule has 0 saturated heterocycles. The molecule has 6 heteroatoms. The van der Waals surface area contributed by atoms with Gasteiger partial charge in [0.15, 0.2) is 0 Å². The zero-order valence-electron chi connectivity index (χ0n) is 9.80. The molecule has 0 radical (unpaired) electrons. The summed E-state index contributed by atoms with van der Waals surface area (Å²) in [5.41, 5.74) is 5.60. The van der Waals surface area contributed by atoms with Gasteiger partial charge < -0.3 is 16.4 Å². The average molecular weight is 252 g/mol. The lowest BCUT2D eigenvalue weighted by Gasteiger charge is -2.35. The standard InChI is InChI=1S/C9H24N4S2/c1-8(6-14,12-3)4-13-9(10,7-15)5-11-2/h11-15H,4-7,10H2,1-3H3. The van der Waals surface area contributed by atoms with Crippen molar-refractivity contribution in [3.05, 3.63) is 0 Å². The van der Waals surface area contributed by atoms with E-state index in [9.17, 15) is 0 Å². The van der Waals surface area contributed by atoms with Crippen molar-refractivity contribution in [3.8, 4) is 0 Å². The van der Waals surface area contributed by atoms with Gasteiger partial charge in [0.2, 0.25) is 0 Å². The predicted octanol–water partition coefficient (Wildman–Crippen LogP) is -0.712. The second kappa shape index (κ2) is 6.98. The molecule has 0 rings (SSSR count). The minimum absolute atomic E-state index is 0.0512. The first-order valence-electron chi connectivity index (χ1n) is 5.04. The molecule has 15 heavy (non-hydrogen) atoms. The SMILES string of the molecule is CNCC(N)(CS)NCC(C)(CS)NC. The van der Waals surface area contributed by atoms with Crippen LogP contribution in [0.4, 0.5) is 0 Å². The average Bonchev–Trinajstić information content (AvgIpc) is 2.26. The lowest BCUT2D eigenvalue weighted by atomic mass is 10.0. The molecule has 0 aromatic rings. The fourth-order valence-corrected chi connectivity index (χ4v) is 1.58. The third-order valence-electron chi connectivity index (χ3n) is 2.56. The fourth-order valence-electron chi connectivity index (χ4n) is 1.08. The van der Waals surface area contributed by atoms with E-state index in [-0.39, 0.29) is 5.54 Å². The molecule has 0 heterocycles. The van der Waals surface area contributed by atoms with E-state index in [1.165, 1.54) is 0 Å². The molecule has 0 bridgehead atoms. The van der Waals surface area contributed by atoms with Crippen LogP contribution in [0.3, 0.4) is 0 Å². The first kappa shape index (κ1) is 15.5. The summed E-state index contributed by atoms with van der Waals surface area (Å²) >= 11 is 8.57. The molecule has 0 saturated carbocycles. The molecule has 2 atom stereocenters. The summed E-state index contributed by atoms with van der Waals surface area (Å²) in [5.74, 6) is 1.33. The van der Waals surface area contributed by atoms with Crippen LogP contribution in [0.1, 0.15) is 6.92 Å². The maximum absolute atomic E-state index is 6.12. The molecule has 0 aromatic heterocycles. The van der Waals surface area contributed by atoms with Crippen molar-refractivity contribution < 1.29 is 0 Å². The molecule has 0 spiro atoms. The Balaban J connectivity index is 4.20. The Hall–Kier alpha value is 0.540. The first-order valence-corrected chi connectivity index (χ1v) is 6.31. The molecule has 0 aliphatic heterocycles. The monoisotopic (exact) mass is 252 g/mol. The van der Waals surface area contributed by atoms with Gasteiger partial charge in [0.1, 0.15) is 0 Å². The second-order valence-corrected chi connectivity index (χ2v) is 4.80. The van der Waals surface area contributed by atoms with E-state index in [1.54, 1.807) is 0 Å². The first-order chi connectivity index (χ1) is 6.95. The van der Waals surface area contributed by atoms with Crippen molar-refractivity contribution >= 4 is 25.3 Å². The third-order valence-corrected chi connectivity index (χ3v) is 3.82. The van der Waals surface area contributed by atoms with Crippen molar-refractivity contribution in [1.82, 2.24) is 16.0 Å². The summed E-state index contributed by atoms with van der Waals surface area (Å²) in [6.07, 6.45) is 0. The number of hydrogen-bond acceptors (Lipinski definition) is 6. The molecule has 0 aliphatic rings. The maximum Gasteiger partial charge on any atom is 0.0880 e. The fraction of sp³-hybridized carbons (Fsp3) is 1.00. The van der Waals surface area contributed by atoms with Gasteiger partial charge in [-0.05, 0) is 21.0 Å². The number of rotatable bonds is 8. The van der Waals surface area contributed by atoms with E-state index in [4.69, 9.17) is 5.73 Å². The number of likely N-dealkylation sites (N-methyl/N-ethyl adjacent to an activating group) is 2. The van der Waals surface area contributed by atoms with Gasteiger partial charge in [0.05, 0.1) is 5.66 Å². The molecule has 2 unspecified atom stereocenters. The predicted molar refractivity (Wildman–Crippen MR) is 74.0 cm³/mol. The number of thiol groups is 2. The Morgan fingerprint density at radius 3 is 2.07 bits per heavy atom. The van der Waals surface area contributed by atoms with Crippen LogP contribution in [0.5, 0.6) is 0 Å². The Bertz CT molecular complexity index is 175. The zero-order valence-corrected chi connectivity index (χ0v) is 11.6. The molecular formula is C9H24N4S2. The van der Waals surface area contributed by atoms with Crippen molar-refractivity contribution in [2.45, 2.75) is 18.1 Å². The zero-order chi connectivity index (χ0) is 11.9. The van der Waals surface area contributed by atoms with E-state index < -0.39 is 5.66 Å². The second-order valence-electron chi connectivity index (χ2n) is 4.17. The highest BCUT2D eigenvalue weighted by Gasteiger charge is 2.27. The van der Waals surface area contributed by atoms with Crippen molar-refractivity contribution in [2.24, 2.45) is 5.73 Å². The summed E-state index contributed by atoms with van der Waals surface area (Å²) in [6.45, 7) is 3.54. The lowest BCUT2D eigenvalue weighted by molar-refractivity contribution is 0.305. The van der Waals surface area contributed by atoms with Crippen LogP contribution in [-0.4, -0.2) is 49.9 Å². The van der Waals surface area contributed by atoms with Gasteiger partial charge in [-0.1, -0.05) is 0 Å². The summed E-state index contributed by atoms with van der Waals surface area (Å²) in [6, 6.07) is 0. The molecule has 92 valence electrons. The molecular weight excluding hydrogens is 228 g/mol. The Kier molecular flexibility index (Phi) is 7.23. The van der Waals surface area contributed by atoms with Gasteiger partial charge in [-0.3, -0.25) is 5.32 Å². The number of hydrogen-bond donors (Lipinski definition) is 6. The van der Waals surface area contributed by atoms with Crippen LogP contribution in [0.2, 0.25) is 0 Å². The maximum atomic E-state index is 6.12. The summed E-state index contributed by atoms with van der Waals surface area (Å²) in [7, 11) is 3.80. The normalized spacial score (nSPS) is 19.6. The molecule has 5 N–H and O–H groups in total. The topological polar surface area (TPSA) is 62.1 Å². The van der Waals surface area contributed by atoms with Crippen molar-refractivity contribution in [2.75, 3.05) is 38.7 Å². The van der Waals surface area contributed by atoms with Gasteiger partial charge in [-0.25, -0.2) is 0 Å². The Labute approximate surface area is 104 Å². The van der Waals surface area contributed by atoms with E-state index in [0.717, 1.165) is 12.3 Å². The molecule has 0 aromatic carbocycles. The largest absolute Gasteiger partial charge is 0.317 e. The van der Waals surface area contributed by atoms with Gasteiger partial charge in [0.25, 0.3) is 0 Å². The molecule has 0 fully saturated rings. The van der Waals surface area contributed by atoms with Crippen molar-refractivity contribution in [1.29, 1.82) is 0 Å². The van der Waals surface area contributed by atoms with Crippen LogP contribution in [0, 0.1) is 0 Å². The van der Waals surface area contributed by atoms with Crippen molar-refractivity contribution in [3.63, 3.8) is 0 Å². The van der Waals surface area contributed by atoms with Crippen LogP contribution in [0.15, 0.2) is 0 Å². The summed E-state index contributed by atoms with van der Waals surface area (Å²) < 4.78 is 0. The lowest BCUT2D eigenvalue weighted by Crippen LogP contribution is -2.65. The minimum Gasteiger partial charge on any atom is -0.317 e. The summed E-state index contributed by atoms with van der Waals surface area (Å²) in [4.78, 5) is 0. The Morgan fingerprint density at radius 2 is 1.73 bits per heavy atom. The van der Waals surface area contributed by atoms with E-state index in [1.807, 2.05) is 14.1 Å². The van der Waals surface area contributed by atoms with Gasteiger partial charge in [-0.2, -0.15) is 25.3 Å². The summed E-state index contributed by atoms with van der Waals surface area (Å²) in [5, 5.41) is 9.60. The quantitative estimate of drug-likeness (QED) is 0.255. The smallest absolute Gasteiger partial charge is 0.0880 e. The van der Waals surface area contributed by atoms with E-state index in [0.29, 0.717) is 12.3 Å². The van der Waals surface area contributed by atoms with E-state index in [2.05, 4.69) is 48.1 Å². The van der Waals surface area contributed by atoms with Crippen LogP contribution in [-0.2, 0) is 0 Å². The Morgan fingerprint density at radius 1 is 1.13 bits per heavy atom. The molecule has 0 aliphatic carbocycles. The number of nitrogens with two attached hydrogens (primary N) is 1. The van der Waals surface area contributed by atoms with Crippen LogP contribution < -0.4 is 21.7 Å². The van der Waals surface area contributed by atoms with Gasteiger partial charge in [0, 0.05) is 30.1 Å². The van der Waals surface area contributed by atoms with Crippen LogP contribution >= 0.6 is 25.3 Å². The number of nitrogens with one attached hydrogen (secondary N) is 3. The van der Waals surface area contributed by atoms with Gasteiger partial charge >= 0.3 is 0 Å². The third kappa shape index (κ3) is 5.42. The van der Waals surface area contributed by atoms with Gasteiger partial charge in [-0.15, -0.1) is 0 Å². The highest BCUT2D eigenvalue weighted by atomic mass is 32.1. The molecule has 4 nitrogen and oxygen atoms in total. The molecule has 0 amide bonds. The van der Waals surface area contributed by atoms with E-state index >= 15 is 0 Å². The highest BCUT2D eigenvalue weighted by Crippen LogP contribution is 2.06.